The van der Waals surface area contributed by atoms with E-state index >= 15 is 0 Å². The van der Waals surface area contributed by atoms with Gasteiger partial charge in [0, 0.05) is 19.1 Å². The first-order valence-electron chi connectivity index (χ1n) is 6.31. The third-order valence-corrected chi connectivity index (χ3v) is 5.28. The van der Waals surface area contributed by atoms with Gasteiger partial charge in [0.15, 0.2) is 0 Å². The molecule has 0 radical (unpaired) electrons. The van der Waals surface area contributed by atoms with E-state index in [4.69, 9.17) is 0 Å². The minimum Gasteiger partial charge on any atom is -0.353 e. The summed E-state index contributed by atoms with van der Waals surface area (Å²) in [5.41, 5.74) is 0. The number of sulfonamides is 1. The van der Waals surface area contributed by atoms with Crippen molar-refractivity contribution >= 4 is 15.9 Å². The molecule has 0 aromatic heterocycles. The van der Waals surface area contributed by atoms with Crippen LogP contribution in [0.2, 0.25) is 0 Å². The zero-order valence-electron chi connectivity index (χ0n) is 10.2. The molecule has 1 aliphatic carbocycles. The number of hydrogen-bond donors (Lipinski definition) is 1. The molecule has 98 valence electrons. The van der Waals surface area contributed by atoms with Crippen LogP contribution in [0.3, 0.4) is 0 Å². The second-order valence-electron chi connectivity index (χ2n) is 4.88. The Morgan fingerprint density at radius 2 is 2.06 bits per heavy atom. The Morgan fingerprint density at radius 3 is 2.65 bits per heavy atom. The Balaban J connectivity index is 1.94. The first kappa shape index (κ1) is 12.8. The number of amides is 1. The summed E-state index contributed by atoms with van der Waals surface area (Å²) in [6.45, 7) is 2.56. The van der Waals surface area contributed by atoms with Crippen molar-refractivity contribution in [3.63, 3.8) is 0 Å². The lowest BCUT2D eigenvalue weighted by atomic mass is 9.99. The van der Waals surface area contributed by atoms with Crippen LogP contribution in [0.4, 0.5) is 0 Å². The van der Waals surface area contributed by atoms with Crippen molar-refractivity contribution in [2.45, 2.75) is 38.6 Å². The van der Waals surface area contributed by atoms with E-state index in [0.29, 0.717) is 19.1 Å². The van der Waals surface area contributed by atoms with Crippen molar-refractivity contribution in [1.29, 1.82) is 0 Å². The monoisotopic (exact) mass is 260 g/mol. The quantitative estimate of drug-likeness (QED) is 0.792. The molecule has 1 heterocycles. The second kappa shape index (κ2) is 4.94. The number of carbonyl (C=O) groups excluding carboxylic acids is 1. The molecule has 5 nitrogen and oxygen atoms in total. The van der Waals surface area contributed by atoms with Crippen molar-refractivity contribution in [3.8, 4) is 0 Å². The summed E-state index contributed by atoms with van der Waals surface area (Å²) >= 11 is 0. The van der Waals surface area contributed by atoms with Gasteiger partial charge < -0.3 is 5.32 Å². The SMILES string of the molecule is CCS(=O)(=O)N1CCC[C@@H](C(=O)NC2CC2)C1. The van der Waals surface area contributed by atoms with Crippen LogP contribution in [0, 0.1) is 5.92 Å². The molecule has 1 N–H and O–H groups in total. The van der Waals surface area contributed by atoms with Crippen LogP contribution in [-0.4, -0.2) is 43.5 Å². The van der Waals surface area contributed by atoms with Gasteiger partial charge in [0.05, 0.1) is 11.7 Å². The lowest BCUT2D eigenvalue weighted by molar-refractivity contribution is -0.126. The van der Waals surface area contributed by atoms with E-state index in [2.05, 4.69) is 5.32 Å². The summed E-state index contributed by atoms with van der Waals surface area (Å²) < 4.78 is 25.0. The molecular formula is C11H20N2O3S. The minimum absolute atomic E-state index is 0.0310. The standard InChI is InChI=1S/C11H20N2O3S/c1-2-17(15,16)13-7-3-4-9(8-13)11(14)12-10-5-6-10/h9-10H,2-8H2,1H3,(H,12,14)/t9-/m1/s1. The summed E-state index contributed by atoms with van der Waals surface area (Å²) in [5, 5.41) is 2.95. The number of nitrogens with one attached hydrogen (secondary N) is 1. The Hall–Kier alpha value is -0.620. The third-order valence-electron chi connectivity index (χ3n) is 3.44. The second-order valence-corrected chi connectivity index (χ2v) is 7.14. The van der Waals surface area contributed by atoms with Crippen LogP contribution >= 0.6 is 0 Å². The predicted molar refractivity (Wildman–Crippen MR) is 64.9 cm³/mol. The van der Waals surface area contributed by atoms with Crippen LogP contribution in [0.1, 0.15) is 32.6 Å². The molecule has 17 heavy (non-hydrogen) atoms. The maximum atomic E-state index is 11.9. The number of piperidine rings is 1. The molecule has 0 spiro atoms. The Bertz CT molecular complexity index is 390. The van der Waals surface area contributed by atoms with Crippen molar-refractivity contribution in [2.24, 2.45) is 5.92 Å². The molecule has 2 fully saturated rings. The third kappa shape index (κ3) is 3.19. The molecule has 2 rings (SSSR count). The summed E-state index contributed by atoms with van der Waals surface area (Å²) in [4.78, 5) is 11.9. The minimum atomic E-state index is -3.15. The predicted octanol–water partition coefficient (Wildman–Crippen LogP) is 0.327. The van der Waals surface area contributed by atoms with Gasteiger partial charge in [-0.25, -0.2) is 12.7 Å². The van der Waals surface area contributed by atoms with E-state index in [1.54, 1.807) is 6.92 Å². The first-order valence-corrected chi connectivity index (χ1v) is 7.92. The molecular weight excluding hydrogens is 240 g/mol. The van der Waals surface area contributed by atoms with Gasteiger partial charge in [-0.1, -0.05) is 0 Å². The Labute approximate surface area is 103 Å². The largest absolute Gasteiger partial charge is 0.353 e. The average molecular weight is 260 g/mol. The van der Waals surface area contributed by atoms with Crippen LogP contribution in [0.5, 0.6) is 0 Å². The molecule has 2 aliphatic rings. The number of nitrogens with zero attached hydrogens (tertiary/aromatic N) is 1. The Morgan fingerprint density at radius 1 is 1.35 bits per heavy atom. The number of hydrogen-bond acceptors (Lipinski definition) is 3. The smallest absolute Gasteiger partial charge is 0.224 e. The van der Waals surface area contributed by atoms with Gasteiger partial charge in [-0.15, -0.1) is 0 Å². The molecule has 1 saturated carbocycles. The fourth-order valence-electron chi connectivity index (χ4n) is 2.14. The number of carbonyl (C=O) groups is 1. The molecule has 1 atom stereocenters. The van der Waals surface area contributed by atoms with E-state index in [-0.39, 0.29) is 17.6 Å². The van der Waals surface area contributed by atoms with Gasteiger partial charge in [0.2, 0.25) is 15.9 Å². The lowest BCUT2D eigenvalue weighted by Gasteiger charge is -2.30. The highest BCUT2D eigenvalue weighted by Crippen LogP contribution is 2.23. The highest BCUT2D eigenvalue weighted by atomic mass is 32.2. The van der Waals surface area contributed by atoms with E-state index < -0.39 is 10.0 Å². The molecule has 1 aliphatic heterocycles. The zero-order chi connectivity index (χ0) is 12.5. The maximum Gasteiger partial charge on any atom is 0.224 e. The molecule has 0 aromatic carbocycles. The van der Waals surface area contributed by atoms with Crippen molar-refractivity contribution < 1.29 is 13.2 Å². The topological polar surface area (TPSA) is 66.5 Å². The molecule has 1 amide bonds. The molecule has 0 unspecified atom stereocenters. The Kier molecular flexibility index (Phi) is 3.73. The van der Waals surface area contributed by atoms with Gasteiger partial charge in [-0.2, -0.15) is 0 Å². The summed E-state index contributed by atoms with van der Waals surface area (Å²) in [5.74, 6) is -0.0153. The highest BCUT2D eigenvalue weighted by Gasteiger charge is 2.33. The first-order chi connectivity index (χ1) is 8.03. The molecule has 1 saturated heterocycles. The van der Waals surface area contributed by atoms with E-state index in [9.17, 15) is 13.2 Å². The van der Waals surface area contributed by atoms with Crippen LogP contribution in [-0.2, 0) is 14.8 Å². The van der Waals surface area contributed by atoms with Gasteiger partial charge >= 0.3 is 0 Å². The van der Waals surface area contributed by atoms with Crippen LogP contribution in [0.15, 0.2) is 0 Å². The zero-order valence-corrected chi connectivity index (χ0v) is 11.0. The molecule has 0 aromatic rings. The maximum absolute atomic E-state index is 11.9. The number of rotatable bonds is 4. The normalized spacial score (nSPS) is 26.8. The van der Waals surface area contributed by atoms with Crippen molar-refractivity contribution in [2.75, 3.05) is 18.8 Å². The van der Waals surface area contributed by atoms with Gasteiger partial charge in [0.25, 0.3) is 0 Å². The lowest BCUT2D eigenvalue weighted by Crippen LogP contribution is -2.46. The van der Waals surface area contributed by atoms with Gasteiger partial charge in [-0.3, -0.25) is 4.79 Å². The van der Waals surface area contributed by atoms with Crippen LogP contribution in [0.25, 0.3) is 0 Å². The summed E-state index contributed by atoms with van der Waals surface area (Å²) in [7, 11) is -3.15. The summed E-state index contributed by atoms with van der Waals surface area (Å²) in [6.07, 6.45) is 3.71. The van der Waals surface area contributed by atoms with E-state index in [1.165, 1.54) is 4.31 Å². The van der Waals surface area contributed by atoms with Gasteiger partial charge in [0.1, 0.15) is 0 Å². The van der Waals surface area contributed by atoms with E-state index in [0.717, 1.165) is 25.7 Å². The van der Waals surface area contributed by atoms with Gasteiger partial charge in [-0.05, 0) is 32.6 Å². The molecule has 0 bridgehead atoms. The van der Waals surface area contributed by atoms with Crippen molar-refractivity contribution in [1.82, 2.24) is 9.62 Å². The molecule has 6 heteroatoms. The fourth-order valence-corrected chi connectivity index (χ4v) is 3.32. The fraction of sp³-hybridized carbons (Fsp3) is 0.909. The summed E-state index contributed by atoms with van der Waals surface area (Å²) in [6, 6.07) is 0.348. The average Bonchev–Trinajstić information content (AvgIpc) is 3.13. The van der Waals surface area contributed by atoms with E-state index in [1.807, 2.05) is 0 Å². The van der Waals surface area contributed by atoms with Crippen LogP contribution < -0.4 is 5.32 Å². The van der Waals surface area contributed by atoms with Crippen molar-refractivity contribution in [3.05, 3.63) is 0 Å². The highest BCUT2D eigenvalue weighted by molar-refractivity contribution is 7.89.